The molecule has 0 bridgehead atoms. The third-order valence-electron chi connectivity index (χ3n) is 6.38. The number of anilines is 3. The van der Waals surface area contributed by atoms with Gasteiger partial charge in [0.15, 0.2) is 0 Å². The number of rotatable bonds is 6. The minimum atomic E-state index is -4.60. The molecule has 0 spiro atoms. The minimum absolute atomic E-state index is 0.0552. The van der Waals surface area contributed by atoms with Crippen molar-refractivity contribution < 1.29 is 27.1 Å². The van der Waals surface area contributed by atoms with E-state index in [-0.39, 0.29) is 17.1 Å². The van der Waals surface area contributed by atoms with Crippen LogP contribution in [0.15, 0.2) is 67.1 Å². The first-order valence-corrected chi connectivity index (χ1v) is 12.6. The van der Waals surface area contributed by atoms with Gasteiger partial charge in [0.2, 0.25) is 0 Å². The molecule has 0 atom stereocenters. The van der Waals surface area contributed by atoms with Crippen molar-refractivity contribution in [1.29, 1.82) is 0 Å². The Balaban J connectivity index is 1.31. The largest absolute Gasteiger partial charge is 0.457 e. The van der Waals surface area contributed by atoms with Crippen molar-refractivity contribution in [2.45, 2.75) is 25.4 Å². The molecule has 2 aromatic carbocycles. The van der Waals surface area contributed by atoms with Gasteiger partial charge in [0.05, 0.1) is 23.1 Å². The highest BCUT2D eigenvalue weighted by molar-refractivity contribution is 6.00. The summed E-state index contributed by atoms with van der Waals surface area (Å²) in [5.41, 5.74) is 0.629. The van der Waals surface area contributed by atoms with Crippen molar-refractivity contribution in [3.8, 4) is 22.8 Å². The summed E-state index contributed by atoms with van der Waals surface area (Å²) < 4.78 is 62.8. The molecule has 2 amide bonds. The topological polar surface area (TPSA) is 84.3 Å². The van der Waals surface area contributed by atoms with E-state index in [1.165, 1.54) is 18.2 Å². The summed E-state index contributed by atoms with van der Waals surface area (Å²) in [5.74, 6) is -0.0945. The number of halogens is 4. The van der Waals surface area contributed by atoms with Crippen molar-refractivity contribution in [2.24, 2.45) is 7.05 Å². The maximum atomic E-state index is 14.5. The number of carbonyl (C=O) groups is 1. The number of hydrogen-bond acceptors (Lipinski definition) is 5. The molecular weight excluding hydrogens is 528 g/mol. The van der Waals surface area contributed by atoms with Crippen molar-refractivity contribution in [2.75, 3.05) is 28.6 Å². The number of amides is 2. The number of aryl methyl sites for hydroxylation is 1. The van der Waals surface area contributed by atoms with Crippen LogP contribution in [0.1, 0.15) is 24.8 Å². The molecule has 4 aromatic rings. The van der Waals surface area contributed by atoms with Gasteiger partial charge in [0.25, 0.3) is 0 Å². The minimum Gasteiger partial charge on any atom is -0.457 e. The molecule has 208 valence electrons. The van der Waals surface area contributed by atoms with Gasteiger partial charge in [-0.1, -0.05) is 0 Å². The summed E-state index contributed by atoms with van der Waals surface area (Å²) in [6.45, 7) is 1.26. The number of nitrogens with zero attached hydrogens (tertiary/aromatic N) is 4. The zero-order valence-electron chi connectivity index (χ0n) is 21.5. The SMILES string of the molecule is Cn1cc(-c2cc(Oc3ccc(F)c(NC(=O)Nc4cc(N5CCCCC5)cc(C(F)(F)F)c4)c3)ccn2)cn1. The van der Waals surface area contributed by atoms with E-state index in [2.05, 4.69) is 20.7 Å². The quantitative estimate of drug-likeness (QED) is 0.249. The molecule has 40 heavy (non-hydrogen) atoms. The van der Waals surface area contributed by atoms with Gasteiger partial charge in [-0.3, -0.25) is 9.67 Å². The van der Waals surface area contributed by atoms with Gasteiger partial charge in [0, 0.05) is 61.6 Å². The summed E-state index contributed by atoms with van der Waals surface area (Å²) >= 11 is 0. The maximum absolute atomic E-state index is 14.5. The van der Waals surface area contributed by atoms with Crippen LogP contribution in [0.4, 0.5) is 39.4 Å². The lowest BCUT2D eigenvalue weighted by Crippen LogP contribution is -2.30. The first-order chi connectivity index (χ1) is 19.1. The van der Waals surface area contributed by atoms with Gasteiger partial charge < -0.3 is 20.3 Å². The van der Waals surface area contributed by atoms with Crippen LogP contribution in [-0.2, 0) is 13.2 Å². The fourth-order valence-electron chi connectivity index (χ4n) is 4.45. The van der Waals surface area contributed by atoms with Gasteiger partial charge >= 0.3 is 12.2 Å². The number of benzene rings is 2. The van der Waals surface area contributed by atoms with Gasteiger partial charge in [0.1, 0.15) is 17.3 Å². The number of hydrogen-bond donors (Lipinski definition) is 2. The van der Waals surface area contributed by atoms with E-state index in [0.717, 1.165) is 43.0 Å². The number of carbonyl (C=O) groups excluding carboxylic acids is 1. The molecule has 2 aromatic heterocycles. The van der Waals surface area contributed by atoms with Crippen molar-refractivity contribution in [3.05, 3.63) is 78.5 Å². The zero-order valence-corrected chi connectivity index (χ0v) is 21.5. The van der Waals surface area contributed by atoms with Gasteiger partial charge in [-0.25, -0.2) is 9.18 Å². The zero-order chi connectivity index (χ0) is 28.3. The third kappa shape index (κ3) is 6.50. The molecule has 0 saturated carbocycles. The van der Waals surface area contributed by atoms with Gasteiger partial charge in [-0.2, -0.15) is 18.3 Å². The number of ether oxygens (including phenoxy) is 1. The molecule has 12 heteroatoms. The van der Waals surface area contributed by atoms with Crippen LogP contribution in [0.25, 0.3) is 11.3 Å². The Kier molecular flexibility index (Phi) is 7.58. The summed E-state index contributed by atoms with van der Waals surface area (Å²) in [6.07, 6.45) is 3.18. The van der Waals surface area contributed by atoms with Crippen LogP contribution >= 0.6 is 0 Å². The number of pyridine rings is 1. The Morgan fingerprint density at radius 1 is 0.975 bits per heavy atom. The molecule has 3 heterocycles. The fraction of sp³-hybridized carbons (Fsp3) is 0.250. The fourth-order valence-corrected chi connectivity index (χ4v) is 4.45. The second-order valence-electron chi connectivity index (χ2n) is 9.42. The van der Waals surface area contributed by atoms with Crippen LogP contribution < -0.4 is 20.3 Å². The highest BCUT2D eigenvalue weighted by atomic mass is 19.4. The molecule has 0 unspecified atom stereocenters. The average molecular weight is 555 g/mol. The summed E-state index contributed by atoms with van der Waals surface area (Å²) in [5, 5.41) is 8.89. The Labute approximate surface area is 227 Å². The lowest BCUT2D eigenvalue weighted by atomic mass is 10.1. The van der Waals surface area contributed by atoms with E-state index < -0.39 is 23.6 Å². The monoisotopic (exact) mass is 554 g/mol. The standard InChI is InChI=1S/C28H26F4N6O2/c1-37-17-18(16-34-37)25-14-23(7-8-33-25)40-22-5-6-24(29)26(15-22)36-27(39)35-20-11-19(28(30,31)32)12-21(13-20)38-9-3-2-4-10-38/h5-8,11-17H,2-4,9-10H2,1H3,(H2,35,36,39). The second-order valence-corrected chi connectivity index (χ2v) is 9.42. The molecule has 1 aliphatic rings. The molecule has 2 N–H and O–H groups in total. The van der Waals surface area contributed by atoms with E-state index in [9.17, 15) is 22.4 Å². The van der Waals surface area contributed by atoms with E-state index in [0.29, 0.717) is 30.2 Å². The lowest BCUT2D eigenvalue weighted by molar-refractivity contribution is -0.137. The number of nitrogens with one attached hydrogen (secondary N) is 2. The molecule has 1 aliphatic heterocycles. The van der Waals surface area contributed by atoms with Gasteiger partial charge in [-0.15, -0.1) is 0 Å². The Bertz CT molecular complexity index is 1510. The predicted octanol–water partition coefficient (Wildman–Crippen LogP) is 7.07. The maximum Gasteiger partial charge on any atom is 0.416 e. The highest BCUT2D eigenvalue weighted by Crippen LogP contribution is 2.35. The van der Waals surface area contributed by atoms with E-state index >= 15 is 0 Å². The molecule has 8 nitrogen and oxygen atoms in total. The second kappa shape index (κ2) is 11.2. The smallest absolute Gasteiger partial charge is 0.416 e. The normalized spacial score (nSPS) is 13.7. The summed E-state index contributed by atoms with van der Waals surface area (Å²) in [7, 11) is 1.79. The van der Waals surface area contributed by atoms with Crippen molar-refractivity contribution in [3.63, 3.8) is 0 Å². The first kappa shape index (κ1) is 27.0. The predicted molar refractivity (Wildman–Crippen MR) is 143 cm³/mol. The third-order valence-corrected chi connectivity index (χ3v) is 6.38. The van der Waals surface area contributed by atoms with Crippen LogP contribution in [0.3, 0.4) is 0 Å². The molecule has 0 radical (unpaired) electrons. The summed E-state index contributed by atoms with van der Waals surface area (Å²) in [4.78, 5) is 18.9. The Morgan fingerprint density at radius 3 is 2.48 bits per heavy atom. The lowest BCUT2D eigenvalue weighted by Gasteiger charge is -2.29. The number of piperidine rings is 1. The van der Waals surface area contributed by atoms with E-state index in [4.69, 9.17) is 4.74 Å². The average Bonchev–Trinajstić information content (AvgIpc) is 3.37. The van der Waals surface area contributed by atoms with Crippen LogP contribution in [-0.4, -0.2) is 33.9 Å². The molecule has 5 rings (SSSR count). The number of urea groups is 1. The van der Waals surface area contributed by atoms with Gasteiger partial charge in [-0.05, 0) is 55.7 Å². The van der Waals surface area contributed by atoms with Crippen molar-refractivity contribution in [1.82, 2.24) is 14.8 Å². The summed E-state index contributed by atoms with van der Waals surface area (Å²) in [6, 6.07) is 9.61. The van der Waals surface area contributed by atoms with Crippen molar-refractivity contribution >= 4 is 23.1 Å². The number of aromatic nitrogens is 3. The van der Waals surface area contributed by atoms with E-state index in [1.54, 1.807) is 42.5 Å². The molecule has 1 fully saturated rings. The van der Waals surface area contributed by atoms with Crippen LogP contribution in [0.2, 0.25) is 0 Å². The highest BCUT2D eigenvalue weighted by Gasteiger charge is 2.32. The Hall–Kier alpha value is -4.61. The van der Waals surface area contributed by atoms with Crippen LogP contribution in [0.5, 0.6) is 11.5 Å². The van der Waals surface area contributed by atoms with Crippen LogP contribution in [0, 0.1) is 5.82 Å². The molecule has 0 aliphatic carbocycles. The Morgan fingerprint density at radius 2 is 1.75 bits per heavy atom. The number of alkyl halides is 3. The first-order valence-electron chi connectivity index (χ1n) is 12.6. The molecule has 1 saturated heterocycles. The molecular formula is C28H26F4N6O2. The van der Waals surface area contributed by atoms with E-state index in [1.807, 2.05) is 4.90 Å².